The Hall–Kier alpha value is -2.58. The molecule has 0 radical (unpaired) electrons. The predicted octanol–water partition coefficient (Wildman–Crippen LogP) is 3.32. The third kappa shape index (κ3) is 3.95. The average molecular weight is 419 g/mol. The van der Waals surface area contributed by atoms with Gasteiger partial charge in [-0.2, -0.15) is 4.31 Å². The molecule has 8 heteroatoms. The van der Waals surface area contributed by atoms with Gasteiger partial charge in [0.25, 0.3) is 0 Å². The summed E-state index contributed by atoms with van der Waals surface area (Å²) in [5.74, 6) is 0.737. The maximum atomic E-state index is 13.5. The number of aryl methyl sites for hydroxylation is 1. The number of benzene rings is 2. The molecule has 29 heavy (non-hydrogen) atoms. The standard InChI is InChI=1S/C21H25NO6S/c1-14-12-15(21(23)28-4)7-10-20(14)29(24,25)22-11-5-6-18(22)17-9-8-16(26-2)13-19(17)27-3/h7-10,12-13,18H,5-6,11H2,1-4H3. The molecule has 1 aliphatic rings. The van der Waals surface area contributed by atoms with Crippen LogP contribution in [0.1, 0.15) is 40.4 Å². The van der Waals surface area contributed by atoms with Crippen molar-refractivity contribution in [2.45, 2.75) is 30.7 Å². The fraction of sp³-hybridized carbons (Fsp3) is 0.381. The van der Waals surface area contributed by atoms with Crippen molar-refractivity contribution in [3.63, 3.8) is 0 Å². The molecule has 0 saturated carbocycles. The molecule has 2 aromatic rings. The highest BCUT2D eigenvalue weighted by atomic mass is 32.2. The number of esters is 1. The lowest BCUT2D eigenvalue weighted by atomic mass is 10.0. The monoisotopic (exact) mass is 419 g/mol. The summed E-state index contributed by atoms with van der Waals surface area (Å²) in [4.78, 5) is 11.9. The molecule has 7 nitrogen and oxygen atoms in total. The first-order valence-corrected chi connectivity index (χ1v) is 10.7. The molecule has 1 atom stereocenters. The number of nitrogens with zero attached hydrogens (tertiary/aromatic N) is 1. The highest BCUT2D eigenvalue weighted by Crippen LogP contribution is 2.41. The van der Waals surface area contributed by atoms with Crippen LogP contribution in [0.3, 0.4) is 0 Å². The zero-order valence-electron chi connectivity index (χ0n) is 17.0. The third-order valence-electron chi connectivity index (χ3n) is 5.19. The Morgan fingerprint density at radius 2 is 1.83 bits per heavy atom. The second-order valence-electron chi connectivity index (χ2n) is 6.85. The molecule has 0 bridgehead atoms. The molecule has 156 valence electrons. The van der Waals surface area contributed by atoms with Gasteiger partial charge in [-0.25, -0.2) is 13.2 Å². The largest absolute Gasteiger partial charge is 0.497 e. The molecule has 1 saturated heterocycles. The molecule has 1 aliphatic heterocycles. The number of sulfonamides is 1. The van der Waals surface area contributed by atoms with Gasteiger partial charge in [-0.05, 0) is 49.6 Å². The SMILES string of the molecule is COC(=O)c1ccc(S(=O)(=O)N2CCCC2c2ccc(OC)cc2OC)c(C)c1. The van der Waals surface area contributed by atoms with Crippen LogP contribution in [0.2, 0.25) is 0 Å². The van der Waals surface area contributed by atoms with Crippen molar-refractivity contribution < 1.29 is 27.4 Å². The molecule has 2 aromatic carbocycles. The van der Waals surface area contributed by atoms with Gasteiger partial charge < -0.3 is 14.2 Å². The lowest BCUT2D eigenvalue weighted by Gasteiger charge is -2.26. The summed E-state index contributed by atoms with van der Waals surface area (Å²) in [6.45, 7) is 2.10. The minimum absolute atomic E-state index is 0.185. The summed E-state index contributed by atoms with van der Waals surface area (Å²) in [5.41, 5.74) is 1.62. The normalized spacial score (nSPS) is 17.2. The van der Waals surface area contributed by atoms with Crippen molar-refractivity contribution in [3.8, 4) is 11.5 Å². The molecule has 1 fully saturated rings. The number of methoxy groups -OCH3 is 3. The molecule has 1 heterocycles. The maximum Gasteiger partial charge on any atom is 0.337 e. The van der Waals surface area contributed by atoms with E-state index < -0.39 is 16.0 Å². The van der Waals surface area contributed by atoms with Crippen LogP contribution >= 0.6 is 0 Å². The minimum atomic E-state index is -3.76. The summed E-state index contributed by atoms with van der Waals surface area (Å²) >= 11 is 0. The first-order valence-electron chi connectivity index (χ1n) is 9.26. The van der Waals surface area contributed by atoms with Crippen molar-refractivity contribution in [1.82, 2.24) is 4.31 Å². The molecular formula is C21H25NO6S. The van der Waals surface area contributed by atoms with Crippen LogP contribution in [-0.2, 0) is 14.8 Å². The van der Waals surface area contributed by atoms with Crippen LogP contribution < -0.4 is 9.47 Å². The number of carbonyl (C=O) groups excluding carboxylic acids is 1. The molecule has 0 amide bonds. The van der Waals surface area contributed by atoms with Gasteiger partial charge in [-0.3, -0.25) is 0 Å². The second kappa shape index (κ2) is 8.42. The number of carbonyl (C=O) groups is 1. The third-order valence-corrected chi connectivity index (χ3v) is 7.25. The molecule has 0 spiro atoms. The average Bonchev–Trinajstić information content (AvgIpc) is 3.22. The molecule has 1 unspecified atom stereocenters. The molecular weight excluding hydrogens is 394 g/mol. The van der Waals surface area contributed by atoms with E-state index in [9.17, 15) is 13.2 Å². The Bertz CT molecular complexity index is 1020. The predicted molar refractivity (Wildman–Crippen MR) is 108 cm³/mol. The first kappa shape index (κ1) is 21.1. The van der Waals surface area contributed by atoms with Crippen LogP contribution in [-0.4, -0.2) is 46.6 Å². The molecule has 3 rings (SSSR count). The summed E-state index contributed by atoms with van der Waals surface area (Å²) in [6, 6.07) is 9.57. The van der Waals surface area contributed by atoms with E-state index in [1.54, 1.807) is 33.3 Å². The number of rotatable bonds is 6. The van der Waals surface area contributed by atoms with Crippen molar-refractivity contribution in [2.24, 2.45) is 0 Å². The summed E-state index contributed by atoms with van der Waals surface area (Å²) in [6.07, 6.45) is 1.44. The van der Waals surface area contributed by atoms with Crippen molar-refractivity contribution >= 4 is 16.0 Å². The van der Waals surface area contributed by atoms with E-state index in [-0.39, 0.29) is 10.9 Å². The second-order valence-corrected chi connectivity index (χ2v) is 8.71. The zero-order valence-corrected chi connectivity index (χ0v) is 17.8. The highest BCUT2D eigenvalue weighted by molar-refractivity contribution is 7.89. The summed E-state index contributed by atoms with van der Waals surface area (Å²) in [7, 11) is 0.657. The van der Waals surface area contributed by atoms with Gasteiger partial charge >= 0.3 is 5.97 Å². The van der Waals surface area contributed by atoms with Crippen LogP contribution in [0.25, 0.3) is 0 Å². The highest BCUT2D eigenvalue weighted by Gasteiger charge is 2.38. The fourth-order valence-corrected chi connectivity index (χ4v) is 5.62. The van der Waals surface area contributed by atoms with Crippen LogP contribution in [0.5, 0.6) is 11.5 Å². The zero-order chi connectivity index (χ0) is 21.2. The summed E-state index contributed by atoms with van der Waals surface area (Å²) in [5, 5.41) is 0. The Kier molecular flexibility index (Phi) is 6.14. The van der Waals surface area contributed by atoms with Crippen molar-refractivity contribution in [1.29, 1.82) is 0 Å². The minimum Gasteiger partial charge on any atom is -0.497 e. The Balaban J connectivity index is 2.00. The van der Waals surface area contributed by atoms with E-state index in [0.29, 0.717) is 35.6 Å². The van der Waals surface area contributed by atoms with Gasteiger partial charge in [0, 0.05) is 18.2 Å². The van der Waals surface area contributed by atoms with E-state index >= 15 is 0 Å². The van der Waals surface area contributed by atoms with Gasteiger partial charge in [0.1, 0.15) is 11.5 Å². The van der Waals surface area contributed by atoms with Crippen molar-refractivity contribution in [2.75, 3.05) is 27.9 Å². The van der Waals surface area contributed by atoms with E-state index in [0.717, 1.165) is 12.0 Å². The lowest BCUT2D eigenvalue weighted by Crippen LogP contribution is -2.31. The van der Waals surface area contributed by atoms with E-state index in [1.165, 1.54) is 29.6 Å². The lowest BCUT2D eigenvalue weighted by molar-refractivity contribution is 0.0600. The number of hydrogen-bond acceptors (Lipinski definition) is 6. The van der Waals surface area contributed by atoms with E-state index in [2.05, 4.69) is 0 Å². The van der Waals surface area contributed by atoms with E-state index in [4.69, 9.17) is 14.2 Å². The van der Waals surface area contributed by atoms with Gasteiger partial charge in [0.05, 0.1) is 37.8 Å². The topological polar surface area (TPSA) is 82.1 Å². The summed E-state index contributed by atoms with van der Waals surface area (Å²) < 4.78 is 43.9. The quantitative estimate of drug-likeness (QED) is 0.668. The Labute approximate surface area is 171 Å². The fourth-order valence-electron chi connectivity index (χ4n) is 3.74. The van der Waals surface area contributed by atoms with Crippen LogP contribution in [0.15, 0.2) is 41.3 Å². The Morgan fingerprint density at radius 3 is 2.45 bits per heavy atom. The van der Waals surface area contributed by atoms with E-state index in [1.807, 2.05) is 6.07 Å². The van der Waals surface area contributed by atoms with Crippen LogP contribution in [0.4, 0.5) is 0 Å². The number of hydrogen-bond donors (Lipinski definition) is 0. The van der Waals surface area contributed by atoms with Gasteiger partial charge in [0.15, 0.2) is 0 Å². The number of ether oxygens (including phenoxy) is 3. The van der Waals surface area contributed by atoms with Gasteiger partial charge in [0.2, 0.25) is 10.0 Å². The maximum absolute atomic E-state index is 13.5. The van der Waals surface area contributed by atoms with Crippen LogP contribution in [0, 0.1) is 6.92 Å². The van der Waals surface area contributed by atoms with Gasteiger partial charge in [-0.15, -0.1) is 0 Å². The Morgan fingerprint density at radius 1 is 1.07 bits per heavy atom. The molecule has 0 aliphatic carbocycles. The first-order chi connectivity index (χ1) is 13.8. The van der Waals surface area contributed by atoms with Gasteiger partial charge in [-0.1, -0.05) is 6.07 Å². The van der Waals surface area contributed by atoms with Crippen molar-refractivity contribution in [3.05, 3.63) is 53.1 Å². The molecule has 0 N–H and O–H groups in total. The smallest absolute Gasteiger partial charge is 0.337 e. The molecule has 0 aromatic heterocycles.